The first-order valence-electron chi connectivity index (χ1n) is 15.4. The van der Waals surface area contributed by atoms with Gasteiger partial charge in [-0.25, -0.2) is 26.2 Å². The van der Waals surface area contributed by atoms with Crippen molar-refractivity contribution < 1.29 is 49.5 Å². The van der Waals surface area contributed by atoms with Gasteiger partial charge in [-0.1, -0.05) is 40.4 Å². The molecule has 4 aromatic carbocycles. The second-order valence-electron chi connectivity index (χ2n) is 11.7. The zero-order valence-corrected chi connectivity index (χ0v) is 34.3. The molecule has 6 aromatic rings. The van der Waals surface area contributed by atoms with Gasteiger partial charge in [0.05, 0.1) is 26.9 Å². The van der Waals surface area contributed by atoms with E-state index in [0.717, 1.165) is 12.5 Å². The molecule has 0 saturated carbocycles. The van der Waals surface area contributed by atoms with Crippen LogP contribution in [0.25, 0.3) is 11.4 Å². The fraction of sp³-hybridized carbons (Fsp3) is 0.118. The quantitative estimate of drug-likeness (QED) is 0.105. The molecule has 0 aliphatic carbocycles. The Kier molecular flexibility index (Phi) is 14.6. The zero-order chi connectivity index (χ0) is 39.5. The number of aromatic nitrogens is 4. The third-order valence-corrected chi connectivity index (χ3v) is 10.2. The van der Waals surface area contributed by atoms with E-state index in [-0.39, 0.29) is 67.6 Å². The van der Waals surface area contributed by atoms with Gasteiger partial charge in [0.1, 0.15) is 22.9 Å². The van der Waals surface area contributed by atoms with Crippen LogP contribution in [0.1, 0.15) is 11.4 Å². The molecule has 0 aliphatic rings. The van der Waals surface area contributed by atoms with E-state index in [4.69, 9.17) is 23.2 Å². The number of nitrogens with zero attached hydrogens (tertiary/aromatic N) is 5. The van der Waals surface area contributed by atoms with Crippen molar-refractivity contribution >= 4 is 65.6 Å². The van der Waals surface area contributed by atoms with E-state index in [1.807, 2.05) is 0 Å². The summed E-state index contributed by atoms with van der Waals surface area (Å²) in [5, 5.41) is 40.8. The van der Waals surface area contributed by atoms with Gasteiger partial charge in [-0.05, 0) is 86.6 Å². The maximum atomic E-state index is 12.6. The summed E-state index contributed by atoms with van der Waals surface area (Å²) in [4.78, 5) is 25.2. The fourth-order valence-electron chi connectivity index (χ4n) is 4.79. The van der Waals surface area contributed by atoms with E-state index in [9.17, 15) is 36.6 Å². The van der Waals surface area contributed by atoms with E-state index < -0.39 is 30.8 Å². The number of aryl methyl sites for hydroxylation is 2. The smallest absolute Gasteiger partial charge is 0.345 e. The standard InChI is InChI=1S/2C17H15ClN4O4S.Cr.H3N/c2*1-10-16(17(24)22(21-10)12-5-3-4-11(18)8-12)20-19-14-9-13(27(2,25)26)6-7-15(14)23;;/h2*3-9,21,23H,1-2H3;;1H3/p+1. The van der Waals surface area contributed by atoms with Gasteiger partial charge in [0.2, 0.25) is 0 Å². The van der Waals surface area contributed by atoms with Crippen LogP contribution in [0.2, 0.25) is 10.0 Å². The van der Waals surface area contributed by atoms with E-state index >= 15 is 0 Å². The number of aromatic hydroxyl groups is 2. The van der Waals surface area contributed by atoms with E-state index in [0.29, 0.717) is 32.8 Å². The molecule has 0 unspecified atom stereocenters. The molecule has 2 heterocycles. The number of hydrogen-bond donors (Lipinski definition) is 6. The number of sulfone groups is 2. The number of nitrogens with one attached hydrogen (secondary N) is 3. The Bertz CT molecular complexity index is 2620. The van der Waals surface area contributed by atoms with E-state index in [1.54, 1.807) is 62.4 Å². The third kappa shape index (κ3) is 10.5. The Morgan fingerprint density at radius 2 is 1.12 bits per heavy atom. The van der Waals surface area contributed by atoms with Crippen LogP contribution in [0.15, 0.2) is 120 Å². The Morgan fingerprint density at radius 1 is 0.661 bits per heavy atom. The zero-order valence-electron chi connectivity index (χ0n) is 29.9. The molecule has 0 bridgehead atoms. The van der Waals surface area contributed by atoms with Crippen LogP contribution in [-0.4, -0.2) is 59.1 Å². The van der Waals surface area contributed by atoms with E-state index in [1.165, 1.54) is 45.8 Å². The van der Waals surface area contributed by atoms with Gasteiger partial charge in [0.25, 0.3) is 5.56 Å². The van der Waals surface area contributed by atoms with Crippen LogP contribution >= 0.6 is 23.2 Å². The molecule has 0 spiro atoms. The molecule has 56 heavy (non-hydrogen) atoms. The van der Waals surface area contributed by atoms with Crippen LogP contribution in [0.4, 0.5) is 22.7 Å². The summed E-state index contributed by atoms with van der Waals surface area (Å²) in [6.45, 7) is 3.32. The van der Waals surface area contributed by atoms with Gasteiger partial charge in [0, 0.05) is 45.0 Å². The summed E-state index contributed by atoms with van der Waals surface area (Å²) in [5.41, 5.74) is 1.27. The second kappa shape index (κ2) is 18.1. The minimum Gasteiger partial charge on any atom is -0.506 e. The monoisotopic (exact) mass is 882 g/mol. The number of rotatable bonds is 8. The van der Waals surface area contributed by atoms with Crippen LogP contribution in [0.3, 0.4) is 0 Å². The van der Waals surface area contributed by atoms with Crippen molar-refractivity contribution in [3.8, 4) is 22.9 Å². The van der Waals surface area contributed by atoms with Gasteiger partial charge in [0.15, 0.2) is 31.0 Å². The van der Waals surface area contributed by atoms with Crippen molar-refractivity contribution in [1.29, 1.82) is 0 Å². The largest absolute Gasteiger partial charge is 0.506 e. The van der Waals surface area contributed by atoms with Crippen molar-refractivity contribution in [1.82, 2.24) is 25.7 Å². The van der Waals surface area contributed by atoms with Crippen molar-refractivity contribution in [2.45, 2.75) is 23.6 Å². The summed E-state index contributed by atoms with van der Waals surface area (Å²) >= 11 is 11.9. The van der Waals surface area contributed by atoms with Crippen LogP contribution < -0.4 is 22.4 Å². The number of aromatic amines is 2. The minimum absolute atomic E-state index is 0. The Labute approximate surface area is 340 Å². The molecular weight excluding hydrogens is 849 g/mol. The summed E-state index contributed by atoms with van der Waals surface area (Å²) < 4.78 is 49.2. The molecule has 17 nitrogen and oxygen atoms in total. The molecule has 0 amide bonds. The van der Waals surface area contributed by atoms with Gasteiger partial charge < -0.3 is 16.4 Å². The number of phenolic OH excluding ortho intramolecular Hbond substituents is 2. The van der Waals surface area contributed by atoms with Crippen molar-refractivity contribution in [3.63, 3.8) is 0 Å². The predicted molar refractivity (Wildman–Crippen MR) is 207 cm³/mol. The van der Waals surface area contributed by atoms with Crippen molar-refractivity contribution in [2.75, 3.05) is 12.5 Å². The number of azo groups is 2. The average Bonchev–Trinajstić information content (AvgIpc) is 3.55. The SMILES string of the molecule is Cc1[nH]n(-c2cccc(Cl)c2)c(=O)c1N=Nc1cc(S(C)(=O)=O)ccc1O.Cc1[nH]n(-c2cccc(Cl)c2)c(=O)c1[NH+]=Nc1cc(S(C)(=O)=O)ccc1O.N.[Cr]. The summed E-state index contributed by atoms with van der Waals surface area (Å²) in [6, 6.07) is 20.8. The van der Waals surface area contributed by atoms with Gasteiger partial charge in [-0.3, -0.25) is 19.8 Å². The van der Waals surface area contributed by atoms with Gasteiger partial charge in [-0.15, -0.1) is 10.2 Å². The molecule has 0 fully saturated rings. The maximum Gasteiger partial charge on any atom is 0.345 e. The molecule has 294 valence electrons. The topological polar surface area (TPSA) is 270 Å². The summed E-state index contributed by atoms with van der Waals surface area (Å²) in [6.07, 6.45) is 2.09. The first-order chi connectivity index (χ1) is 25.3. The minimum atomic E-state index is -3.47. The molecule has 6 rings (SSSR count). The Balaban J connectivity index is 0.000000290. The molecule has 0 atom stereocenters. The molecular formula is C34H34Cl2CrN9O8S2+. The number of halogens is 2. The normalized spacial score (nSPS) is 11.5. The van der Waals surface area contributed by atoms with Crippen LogP contribution in [0, 0.1) is 13.8 Å². The first-order valence-corrected chi connectivity index (χ1v) is 20.0. The molecule has 0 radical (unpaired) electrons. The van der Waals surface area contributed by atoms with Gasteiger partial charge >= 0.3 is 11.2 Å². The summed E-state index contributed by atoms with van der Waals surface area (Å²) in [5.74, 6) is -0.479. The number of hydrogen-bond acceptors (Lipinski definition) is 12. The first kappa shape index (κ1) is 45.1. The van der Waals surface area contributed by atoms with Crippen LogP contribution in [-0.2, 0) is 37.0 Å². The maximum absolute atomic E-state index is 12.6. The van der Waals surface area contributed by atoms with E-state index in [2.05, 4.69) is 30.7 Å². The molecule has 22 heteroatoms. The Hall–Kier alpha value is -5.33. The van der Waals surface area contributed by atoms with Crippen molar-refractivity contribution in [3.05, 3.63) is 127 Å². The van der Waals surface area contributed by atoms with Crippen LogP contribution in [0.5, 0.6) is 11.5 Å². The second-order valence-corrected chi connectivity index (χ2v) is 16.6. The Morgan fingerprint density at radius 3 is 1.62 bits per heavy atom. The average molecular weight is 884 g/mol. The molecule has 0 saturated heterocycles. The number of phenols is 2. The number of H-pyrrole nitrogens is 2. The number of benzene rings is 4. The molecule has 0 aliphatic heterocycles. The predicted octanol–water partition coefficient (Wildman–Crippen LogP) is 5.54. The van der Waals surface area contributed by atoms with Crippen molar-refractivity contribution in [2.24, 2.45) is 15.3 Å². The fourth-order valence-corrected chi connectivity index (χ4v) is 6.44. The summed E-state index contributed by atoms with van der Waals surface area (Å²) in [7, 11) is -6.94. The molecule has 2 aromatic heterocycles. The third-order valence-electron chi connectivity index (χ3n) is 7.54. The molecule has 8 N–H and O–H groups in total. The van der Waals surface area contributed by atoms with Gasteiger partial charge in [-0.2, -0.15) is 0 Å².